The highest BCUT2D eigenvalue weighted by atomic mass is 35.5. The highest BCUT2D eigenvalue weighted by Crippen LogP contribution is 2.38. The first-order valence-electron chi connectivity index (χ1n) is 14.0. The van der Waals surface area contributed by atoms with Crippen LogP contribution in [0.5, 0.6) is 5.75 Å². The summed E-state index contributed by atoms with van der Waals surface area (Å²) in [5.41, 5.74) is 0.341. The van der Waals surface area contributed by atoms with Crippen molar-refractivity contribution in [2.24, 2.45) is 0 Å². The van der Waals surface area contributed by atoms with Gasteiger partial charge in [0.25, 0.3) is 10.0 Å². The standard InChI is InChI=1S/C32H32ClF2N3O6S2/c1-22(38(31-21-25(34)11-18-30(31)35)46(42,43)28-14-9-24(33)10-15-28)29-7-4-5-8-32(29)44-20-6-19-37(3)45(40,41)27-16-12-26(13-17-27)36-23(2)39/h4-5,7-18,21-22H,6,19-20H2,1-3H3,(H,36,39). The summed E-state index contributed by atoms with van der Waals surface area (Å²) in [6.07, 6.45) is 0.272. The molecule has 0 fully saturated rings. The monoisotopic (exact) mass is 691 g/mol. The van der Waals surface area contributed by atoms with Crippen molar-refractivity contribution in [2.45, 2.75) is 36.1 Å². The number of anilines is 2. The first-order chi connectivity index (χ1) is 21.7. The molecule has 1 atom stereocenters. The van der Waals surface area contributed by atoms with E-state index in [0.29, 0.717) is 16.3 Å². The Labute approximate surface area is 272 Å². The number of halogens is 3. The van der Waals surface area contributed by atoms with Gasteiger partial charge in [-0.3, -0.25) is 9.10 Å². The minimum atomic E-state index is -4.44. The predicted molar refractivity (Wildman–Crippen MR) is 173 cm³/mol. The smallest absolute Gasteiger partial charge is 0.264 e. The van der Waals surface area contributed by atoms with E-state index in [2.05, 4.69) is 5.32 Å². The maximum Gasteiger partial charge on any atom is 0.264 e. The van der Waals surface area contributed by atoms with E-state index >= 15 is 4.39 Å². The van der Waals surface area contributed by atoms with E-state index in [1.54, 1.807) is 24.3 Å². The van der Waals surface area contributed by atoms with Gasteiger partial charge in [0.1, 0.15) is 17.4 Å². The van der Waals surface area contributed by atoms with Crippen molar-refractivity contribution in [3.8, 4) is 5.75 Å². The molecule has 1 N–H and O–H groups in total. The normalized spacial score (nSPS) is 12.5. The largest absolute Gasteiger partial charge is 0.493 e. The molecule has 244 valence electrons. The number of hydrogen-bond donors (Lipinski definition) is 1. The maximum atomic E-state index is 15.1. The van der Waals surface area contributed by atoms with Crippen LogP contribution in [0, 0.1) is 11.6 Å². The van der Waals surface area contributed by atoms with E-state index in [0.717, 1.165) is 22.5 Å². The maximum absolute atomic E-state index is 15.1. The summed E-state index contributed by atoms with van der Waals surface area (Å²) in [7, 11) is -6.84. The Kier molecular flexibility index (Phi) is 11.0. The first kappa shape index (κ1) is 34.8. The molecular weight excluding hydrogens is 660 g/mol. The number of nitrogens with zero attached hydrogens (tertiary/aromatic N) is 2. The van der Waals surface area contributed by atoms with E-state index < -0.39 is 43.4 Å². The average molecular weight is 692 g/mol. The highest BCUT2D eigenvalue weighted by molar-refractivity contribution is 7.92. The zero-order valence-corrected chi connectivity index (χ0v) is 27.5. The van der Waals surface area contributed by atoms with Gasteiger partial charge in [0.05, 0.1) is 28.1 Å². The number of amides is 1. The number of sulfonamides is 2. The molecule has 4 aromatic carbocycles. The Hall–Kier alpha value is -4.04. The molecular formula is C32H32ClF2N3O6S2. The van der Waals surface area contributed by atoms with Crippen LogP contribution in [0.2, 0.25) is 5.02 Å². The molecule has 0 spiro atoms. The molecule has 0 heterocycles. The number of nitrogens with one attached hydrogen (secondary N) is 1. The SMILES string of the molecule is CC(=O)Nc1ccc(S(=O)(=O)N(C)CCCOc2ccccc2C(C)N(c2cc(F)ccc2F)S(=O)(=O)c2ccc(Cl)cc2)cc1. The van der Waals surface area contributed by atoms with Crippen LogP contribution in [0.1, 0.15) is 31.9 Å². The van der Waals surface area contributed by atoms with Gasteiger partial charge in [0.2, 0.25) is 15.9 Å². The second-order valence-corrected chi connectivity index (χ2v) is 14.6. The lowest BCUT2D eigenvalue weighted by molar-refractivity contribution is -0.114. The summed E-state index contributed by atoms with van der Waals surface area (Å²) >= 11 is 5.96. The molecule has 9 nitrogen and oxygen atoms in total. The molecule has 46 heavy (non-hydrogen) atoms. The third kappa shape index (κ3) is 8.02. The molecule has 14 heteroatoms. The second-order valence-electron chi connectivity index (χ2n) is 10.3. The van der Waals surface area contributed by atoms with Crippen LogP contribution in [0.25, 0.3) is 0 Å². The van der Waals surface area contributed by atoms with Crippen molar-refractivity contribution in [1.82, 2.24) is 4.31 Å². The molecule has 0 aliphatic rings. The van der Waals surface area contributed by atoms with Crippen LogP contribution >= 0.6 is 11.6 Å². The molecule has 0 bridgehead atoms. The average Bonchev–Trinajstić information content (AvgIpc) is 3.01. The number of ether oxygens (including phenoxy) is 1. The summed E-state index contributed by atoms with van der Waals surface area (Å²) in [5.74, 6) is -1.77. The van der Waals surface area contributed by atoms with Gasteiger partial charge in [-0.2, -0.15) is 0 Å². The van der Waals surface area contributed by atoms with Crippen molar-refractivity contribution < 1.29 is 35.1 Å². The number of para-hydroxylation sites is 1. The van der Waals surface area contributed by atoms with Gasteiger partial charge in [-0.1, -0.05) is 29.8 Å². The molecule has 0 radical (unpaired) electrons. The van der Waals surface area contributed by atoms with Gasteiger partial charge in [0, 0.05) is 42.9 Å². The van der Waals surface area contributed by atoms with Gasteiger partial charge >= 0.3 is 0 Å². The summed E-state index contributed by atoms with van der Waals surface area (Å²) in [5, 5.41) is 2.88. The van der Waals surface area contributed by atoms with Crippen LogP contribution in [0.4, 0.5) is 20.2 Å². The third-order valence-electron chi connectivity index (χ3n) is 6.99. The quantitative estimate of drug-likeness (QED) is 0.158. The van der Waals surface area contributed by atoms with Crippen molar-refractivity contribution in [3.05, 3.63) is 113 Å². The van der Waals surface area contributed by atoms with Gasteiger partial charge in [-0.15, -0.1) is 0 Å². The third-order valence-corrected chi connectivity index (χ3v) is 11.0. The van der Waals surface area contributed by atoms with Gasteiger partial charge < -0.3 is 10.1 Å². The second kappa shape index (κ2) is 14.6. The minimum Gasteiger partial charge on any atom is -0.493 e. The Balaban J connectivity index is 1.54. The zero-order valence-electron chi connectivity index (χ0n) is 25.2. The van der Waals surface area contributed by atoms with E-state index in [1.807, 2.05) is 0 Å². The van der Waals surface area contributed by atoms with Gasteiger partial charge in [-0.05, 0) is 80.1 Å². The van der Waals surface area contributed by atoms with Crippen molar-refractivity contribution in [1.29, 1.82) is 0 Å². The van der Waals surface area contributed by atoms with Crippen LogP contribution in [-0.2, 0) is 24.8 Å². The van der Waals surface area contributed by atoms with E-state index in [1.165, 1.54) is 73.7 Å². The zero-order chi connectivity index (χ0) is 33.6. The van der Waals surface area contributed by atoms with Crippen LogP contribution in [0.15, 0.2) is 101 Å². The van der Waals surface area contributed by atoms with Gasteiger partial charge in [0.15, 0.2) is 0 Å². The molecule has 0 aliphatic carbocycles. The molecule has 0 aromatic heterocycles. The van der Waals surface area contributed by atoms with E-state index in [9.17, 15) is 26.0 Å². The molecule has 1 unspecified atom stereocenters. The number of benzene rings is 4. The van der Waals surface area contributed by atoms with Crippen molar-refractivity contribution in [3.63, 3.8) is 0 Å². The van der Waals surface area contributed by atoms with Crippen LogP contribution in [-0.4, -0.2) is 47.2 Å². The van der Waals surface area contributed by atoms with Crippen molar-refractivity contribution in [2.75, 3.05) is 29.8 Å². The van der Waals surface area contributed by atoms with Crippen LogP contribution in [0.3, 0.4) is 0 Å². The van der Waals surface area contributed by atoms with Crippen molar-refractivity contribution >= 4 is 48.9 Å². The summed E-state index contributed by atoms with van der Waals surface area (Å²) in [4.78, 5) is 11.1. The number of carbonyl (C=O) groups excluding carboxylic acids is 1. The molecule has 0 aliphatic heterocycles. The Morgan fingerprint density at radius 3 is 2.15 bits per heavy atom. The van der Waals surface area contributed by atoms with E-state index in [-0.39, 0.29) is 41.0 Å². The molecule has 0 saturated heterocycles. The lowest BCUT2D eigenvalue weighted by atomic mass is 10.1. The summed E-state index contributed by atoms with van der Waals surface area (Å²) in [6, 6.07) is 19.2. The minimum absolute atomic E-state index is 0.0516. The molecule has 4 rings (SSSR count). The number of carbonyl (C=O) groups is 1. The lowest BCUT2D eigenvalue weighted by Gasteiger charge is -2.32. The van der Waals surface area contributed by atoms with E-state index in [4.69, 9.17) is 16.3 Å². The highest BCUT2D eigenvalue weighted by Gasteiger charge is 2.34. The Morgan fingerprint density at radius 2 is 1.50 bits per heavy atom. The molecule has 1 amide bonds. The first-order valence-corrected chi connectivity index (χ1v) is 17.3. The summed E-state index contributed by atoms with van der Waals surface area (Å²) in [6.45, 7) is 3.03. The fourth-order valence-corrected chi connectivity index (χ4v) is 7.66. The number of rotatable bonds is 13. The fraction of sp³-hybridized carbons (Fsp3) is 0.219. The molecule has 0 saturated carbocycles. The topological polar surface area (TPSA) is 113 Å². The summed E-state index contributed by atoms with van der Waals surface area (Å²) < 4.78 is 91.3. The lowest BCUT2D eigenvalue weighted by Crippen LogP contribution is -2.34. The fourth-order valence-electron chi connectivity index (χ4n) is 4.69. The number of hydrogen-bond acceptors (Lipinski definition) is 6. The predicted octanol–water partition coefficient (Wildman–Crippen LogP) is 6.62. The molecule has 4 aromatic rings. The van der Waals surface area contributed by atoms with Gasteiger partial charge in [-0.25, -0.2) is 29.9 Å². The van der Waals surface area contributed by atoms with Crippen LogP contribution < -0.4 is 14.4 Å². The Morgan fingerprint density at radius 1 is 0.891 bits per heavy atom. The Bertz CT molecular complexity index is 1910.